The first-order chi connectivity index (χ1) is 6.52. The standard InChI is InChI=1S/C11H20O3/c1-9(7-8-11(13)14)5-3-4-6-10(2)12/h9H,3-8H2,1-2H3,(H,13,14). The van der Waals surface area contributed by atoms with E-state index >= 15 is 0 Å². The fraction of sp³-hybridized carbons (Fsp3) is 0.818. The molecule has 1 N–H and O–H groups in total. The van der Waals surface area contributed by atoms with E-state index in [0.29, 0.717) is 12.3 Å². The molecule has 0 radical (unpaired) electrons. The average molecular weight is 200 g/mol. The van der Waals surface area contributed by atoms with Crippen LogP contribution >= 0.6 is 0 Å². The lowest BCUT2D eigenvalue weighted by Gasteiger charge is -2.08. The Balaban J connectivity index is 3.30. The van der Waals surface area contributed by atoms with Crippen molar-refractivity contribution in [2.45, 2.75) is 52.4 Å². The molecule has 0 aromatic heterocycles. The first-order valence-corrected chi connectivity index (χ1v) is 5.23. The van der Waals surface area contributed by atoms with Crippen molar-refractivity contribution in [1.29, 1.82) is 0 Å². The predicted octanol–water partition coefficient (Wildman–Crippen LogP) is 2.64. The minimum absolute atomic E-state index is 0.239. The minimum Gasteiger partial charge on any atom is -0.481 e. The Morgan fingerprint density at radius 3 is 2.29 bits per heavy atom. The predicted molar refractivity (Wildman–Crippen MR) is 55.2 cm³/mol. The van der Waals surface area contributed by atoms with E-state index in [2.05, 4.69) is 6.92 Å². The van der Waals surface area contributed by atoms with Gasteiger partial charge in [-0.05, 0) is 25.7 Å². The molecular formula is C11H20O3. The second kappa shape index (κ2) is 7.54. The number of unbranched alkanes of at least 4 members (excludes halogenated alkanes) is 1. The van der Waals surface area contributed by atoms with Gasteiger partial charge in [0, 0.05) is 12.8 Å². The third-order valence-electron chi connectivity index (χ3n) is 2.33. The Morgan fingerprint density at radius 2 is 1.79 bits per heavy atom. The fourth-order valence-corrected chi connectivity index (χ4v) is 1.38. The third-order valence-corrected chi connectivity index (χ3v) is 2.33. The van der Waals surface area contributed by atoms with Crippen molar-refractivity contribution in [3.8, 4) is 0 Å². The molecular weight excluding hydrogens is 180 g/mol. The summed E-state index contributed by atoms with van der Waals surface area (Å²) in [6.07, 6.45) is 4.66. The molecule has 3 heteroatoms. The molecule has 14 heavy (non-hydrogen) atoms. The van der Waals surface area contributed by atoms with Gasteiger partial charge in [0.05, 0.1) is 0 Å². The molecule has 0 bridgehead atoms. The van der Waals surface area contributed by atoms with E-state index in [4.69, 9.17) is 5.11 Å². The van der Waals surface area contributed by atoms with E-state index in [-0.39, 0.29) is 12.2 Å². The number of rotatable bonds is 8. The molecule has 0 aromatic rings. The monoisotopic (exact) mass is 200 g/mol. The molecule has 0 rings (SSSR count). The minimum atomic E-state index is -0.722. The summed E-state index contributed by atoms with van der Waals surface area (Å²) in [5.41, 5.74) is 0. The van der Waals surface area contributed by atoms with Crippen molar-refractivity contribution in [3.63, 3.8) is 0 Å². The maximum absolute atomic E-state index is 10.6. The summed E-state index contributed by atoms with van der Waals surface area (Å²) in [5, 5.41) is 8.46. The Bertz CT molecular complexity index is 187. The highest BCUT2D eigenvalue weighted by Crippen LogP contribution is 2.14. The lowest BCUT2D eigenvalue weighted by Crippen LogP contribution is -2.01. The van der Waals surface area contributed by atoms with E-state index in [9.17, 15) is 9.59 Å². The summed E-state index contributed by atoms with van der Waals surface area (Å²) < 4.78 is 0. The number of ketones is 1. The third kappa shape index (κ3) is 9.23. The average Bonchev–Trinajstić information content (AvgIpc) is 2.08. The molecule has 0 spiro atoms. The Morgan fingerprint density at radius 1 is 1.14 bits per heavy atom. The molecule has 0 heterocycles. The van der Waals surface area contributed by atoms with Gasteiger partial charge in [0.15, 0.2) is 0 Å². The lowest BCUT2D eigenvalue weighted by atomic mass is 9.98. The van der Waals surface area contributed by atoms with Gasteiger partial charge in [-0.25, -0.2) is 0 Å². The fourth-order valence-electron chi connectivity index (χ4n) is 1.38. The number of carbonyl (C=O) groups excluding carboxylic acids is 1. The number of aliphatic carboxylic acids is 1. The van der Waals surface area contributed by atoms with Crippen LogP contribution in [-0.2, 0) is 9.59 Å². The van der Waals surface area contributed by atoms with Crippen molar-refractivity contribution in [1.82, 2.24) is 0 Å². The van der Waals surface area contributed by atoms with Gasteiger partial charge in [-0.1, -0.05) is 19.8 Å². The summed E-state index contributed by atoms with van der Waals surface area (Å²) in [4.78, 5) is 20.9. The van der Waals surface area contributed by atoms with Gasteiger partial charge in [-0.3, -0.25) is 4.79 Å². The number of hydrogen-bond donors (Lipinski definition) is 1. The van der Waals surface area contributed by atoms with Gasteiger partial charge in [-0.15, -0.1) is 0 Å². The number of carboxylic acids is 1. The highest BCUT2D eigenvalue weighted by molar-refractivity contribution is 5.75. The SMILES string of the molecule is CC(=O)CCCCC(C)CCC(=O)O. The Hall–Kier alpha value is -0.860. The highest BCUT2D eigenvalue weighted by Gasteiger charge is 2.05. The van der Waals surface area contributed by atoms with Gasteiger partial charge in [0.25, 0.3) is 0 Å². The van der Waals surface area contributed by atoms with Crippen LogP contribution in [0, 0.1) is 5.92 Å². The van der Waals surface area contributed by atoms with Crippen LogP contribution in [0.3, 0.4) is 0 Å². The van der Waals surface area contributed by atoms with Gasteiger partial charge >= 0.3 is 5.97 Å². The molecule has 0 aliphatic carbocycles. The number of carboxylic acid groups (broad SMARTS) is 1. The van der Waals surface area contributed by atoms with Crippen molar-refractivity contribution >= 4 is 11.8 Å². The number of carbonyl (C=O) groups is 2. The molecule has 0 aliphatic rings. The normalized spacial score (nSPS) is 12.4. The number of Topliss-reactive ketones (excluding diaryl/α,β-unsaturated/α-hetero) is 1. The molecule has 82 valence electrons. The van der Waals surface area contributed by atoms with E-state index < -0.39 is 5.97 Å². The molecule has 3 nitrogen and oxygen atoms in total. The van der Waals surface area contributed by atoms with Crippen LogP contribution in [0.15, 0.2) is 0 Å². The van der Waals surface area contributed by atoms with Crippen LogP contribution in [0.5, 0.6) is 0 Å². The van der Waals surface area contributed by atoms with Crippen LogP contribution in [0.2, 0.25) is 0 Å². The molecule has 0 saturated heterocycles. The van der Waals surface area contributed by atoms with Crippen LogP contribution < -0.4 is 0 Å². The number of hydrogen-bond acceptors (Lipinski definition) is 2. The largest absolute Gasteiger partial charge is 0.481 e. The van der Waals surface area contributed by atoms with E-state index in [0.717, 1.165) is 25.7 Å². The van der Waals surface area contributed by atoms with Crippen LogP contribution in [0.25, 0.3) is 0 Å². The van der Waals surface area contributed by atoms with Gasteiger partial charge < -0.3 is 9.90 Å². The topological polar surface area (TPSA) is 54.4 Å². The zero-order valence-electron chi connectivity index (χ0n) is 9.08. The van der Waals surface area contributed by atoms with Gasteiger partial charge in [0.1, 0.15) is 5.78 Å². The summed E-state index contributed by atoms with van der Waals surface area (Å²) >= 11 is 0. The lowest BCUT2D eigenvalue weighted by molar-refractivity contribution is -0.137. The Labute approximate surface area is 85.5 Å². The summed E-state index contributed by atoms with van der Waals surface area (Å²) in [6.45, 7) is 3.67. The summed E-state index contributed by atoms with van der Waals surface area (Å²) in [7, 11) is 0. The van der Waals surface area contributed by atoms with Crippen molar-refractivity contribution < 1.29 is 14.7 Å². The second-order valence-corrected chi connectivity index (χ2v) is 3.99. The zero-order valence-corrected chi connectivity index (χ0v) is 9.08. The molecule has 0 saturated carbocycles. The van der Waals surface area contributed by atoms with Crippen molar-refractivity contribution in [3.05, 3.63) is 0 Å². The van der Waals surface area contributed by atoms with E-state index in [1.165, 1.54) is 0 Å². The highest BCUT2D eigenvalue weighted by atomic mass is 16.4. The van der Waals surface area contributed by atoms with Gasteiger partial charge in [0.2, 0.25) is 0 Å². The van der Waals surface area contributed by atoms with Crippen molar-refractivity contribution in [2.24, 2.45) is 5.92 Å². The maximum atomic E-state index is 10.6. The van der Waals surface area contributed by atoms with Crippen LogP contribution in [0.1, 0.15) is 52.4 Å². The van der Waals surface area contributed by atoms with E-state index in [1.54, 1.807) is 6.92 Å². The first-order valence-electron chi connectivity index (χ1n) is 5.23. The molecule has 0 aromatic carbocycles. The van der Waals surface area contributed by atoms with Crippen LogP contribution in [-0.4, -0.2) is 16.9 Å². The van der Waals surface area contributed by atoms with Crippen LogP contribution in [0.4, 0.5) is 0 Å². The molecule has 0 amide bonds. The summed E-state index contributed by atoms with van der Waals surface area (Å²) in [5.74, 6) is -0.0261. The smallest absolute Gasteiger partial charge is 0.303 e. The molecule has 1 unspecified atom stereocenters. The second-order valence-electron chi connectivity index (χ2n) is 3.99. The van der Waals surface area contributed by atoms with Crippen molar-refractivity contribution in [2.75, 3.05) is 0 Å². The first kappa shape index (κ1) is 13.1. The molecule has 1 atom stereocenters. The summed E-state index contributed by atoms with van der Waals surface area (Å²) in [6, 6.07) is 0. The zero-order chi connectivity index (χ0) is 11.0. The van der Waals surface area contributed by atoms with E-state index in [1.807, 2.05) is 0 Å². The quantitative estimate of drug-likeness (QED) is 0.613. The molecule has 0 aliphatic heterocycles. The van der Waals surface area contributed by atoms with Gasteiger partial charge in [-0.2, -0.15) is 0 Å². The Kier molecular flexibility index (Phi) is 7.07. The maximum Gasteiger partial charge on any atom is 0.303 e. The molecule has 0 fully saturated rings.